The van der Waals surface area contributed by atoms with Crippen molar-refractivity contribution in [3.63, 3.8) is 0 Å². The Bertz CT molecular complexity index is 1550. The van der Waals surface area contributed by atoms with Crippen molar-refractivity contribution in [2.45, 2.75) is 27.0 Å². The number of carbonyl (C=O) groups is 1. The number of rotatable bonds is 10. The molecule has 1 aliphatic heterocycles. The minimum Gasteiger partial charge on any atom is -0.497 e. The molecule has 4 aromatic carbocycles. The van der Waals surface area contributed by atoms with Gasteiger partial charge in [-0.15, -0.1) is 0 Å². The van der Waals surface area contributed by atoms with Gasteiger partial charge in [0.2, 0.25) is 0 Å². The second-order valence-electron chi connectivity index (χ2n) is 9.49. The van der Waals surface area contributed by atoms with Crippen LogP contribution in [0.4, 0.5) is 5.69 Å². The van der Waals surface area contributed by atoms with E-state index in [1.54, 1.807) is 12.0 Å². The van der Waals surface area contributed by atoms with Crippen LogP contribution in [0, 0.1) is 6.92 Å². The van der Waals surface area contributed by atoms with Crippen LogP contribution in [0.1, 0.15) is 29.2 Å². The van der Waals surface area contributed by atoms with E-state index in [1.807, 2.05) is 85.8 Å². The number of aliphatic imine (C=N–C) groups is 1. The fourth-order valence-electron chi connectivity index (χ4n) is 4.26. The lowest BCUT2D eigenvalue weighted by Gasteiger charge is -2.16. The van der Waals surface area contributed by atoms with E-state index in [2.05, 4.69) is 31.2 Å². The van der Waals surface area contributed by atoms with Crippen LogP contribution in [-0.4, -0.2) is 29.7 Å². The van der Waals surface area contributed by atoms with E-state index >= 15 is 0 Å². The van der Waals surface area contributed by atoms with Crippen LogP contribution in [0.2, 0.25) is 0 Å². The molecule has 1 amide bonds. The Morgan fingerprint density at radius 3 is 2.29 bits per heavy atom. The summed E-state index contributed by atoms with van der Waals surface area (Å²) in [6, 6.07) is 31.4. The number of methoxy groups -OCH3 is 1. The van der Waals surface area contributed by atoms with Crippen molar-refractivity contribution in [3.05, 3.63) is 124 Å². The zero-order chi connectivity index (χ0) is 28.6. The summed E-state index contributed by atoms with van der Waals surface area (Å²) >= 11 is 1.37. The maximum absolute atomic E-state index is 13.7. The van der Waals surface area contributed by atoms with Crippen molar-refractivity contribution in [3.8, 4) is 17.2 Å². The number of carbonyl (C=O) groups excluding carboxylic acids is 1. The zero-order valence-corrected chi connectivity index (χ0v) is 24.2. The van der Waals surface area contributed by atoms with Crippen LogP contribution in [-0.2, 0) is 17.9 Å². The maximum atomic E-state index is 13.7. The summed E-state index contributed by atoms with van der Waals surface area (Å²) in [6.45, 7) is 5.34. The third kappa shape index (κ3) is 7.18. The minimum absolute atomic E-state index is 0.0989. The van der Waals surface area contributed by atoms with Gasteiger partial charge in [0.1, 0.15) is 12.4 Å². The summed E-state index contributed by atoms with van der Waals surface area (Å²) in [5.41, 5.74) is 4.91. The molecule has 0 atom stereocenters. The summed E-state index contributed by atoms with van der Waals surface area (Å²) in [5, 5.41) is 0.631. The zero-order valence-electron chi connectivity index (χ0n) is 23.4. The van der Waals surface area contributed by atoms with Crippen molar-refractivity contribution in [1.82, 2.24) is 4.90 Å². The van der Waals surface area contributed by atoms with Crippen molar-refractivity contribution in [2.24, 2.45) is 4.99 Å². The van der Waals surface area contributed by atoms with Gasteiger partial charge in [0.05, 0.1) is 30.9 Å². The van der Waals surface area contributed by atoms with E-state index in [0.717, 1.165) is 28.1 Å². The smallest absolute Gasteiger partial charge is 0.267 e. The van der Waals surface area contributed by atoms with E-state index in [-0.39, 0.29) is 5.91 Å². The summed E-state index contributed by atoms with van der Waals surface area (Å²) in [6.07, 6.45) is 1.88. The molecule has 0 spiro atoms. The Hall–Kier alpha value is -4.49. The summed E-state index contributed by atoms with van der Waals surface area (Å²) < 4.78 is 17.3. The summed E-state index contributed by atoms with van der Waals surface area (Å²) in [5.74, 6) is 1.97. The number of benzene rings is 4. The number of hydrogen-bond donors (Lipinski definition) is 0. The number of hydrogen-bond acceptors (Lipinski definition) is 6. The van der Waals surface area contributed by atoms with Gasteiger partial charge in [0.25, 0.3) is 5.91 Å². The molecule has 208 valence electrons. The fourth-order valence-corrected chi connectivity index (χ4v) is 5.25. The number of amides is 1. The van der Waals surface area contributed by atoms with Crippen molar-refractivity contribution >= 4 is 34.6 Å². The largest absolute Gasteiger partial charge is 0.497 e. The molecule has 5 rings (SSSR count). The van der Waals surface area contributed by atoms with Crippen molar-refractivity contribution < 1.29 is 19.0 Å². The summed E-state index contributed by atoms with van der Waals surface area (Å²) in [4.78, 5) is 20.8. The molecule has 0 saturated carbocycles. The average molecular weight is 565 g/mol. The van der Waals surface area contributed by atoms with Crippen molar-refractivity contribution in [2.75, 3.05) is 13.7 Å². The van der Waals surface area contributed by atoms with Gasteiger partial charge in [-0.25, -0.2) is 4.99 Å². The van der Waals surface area contributed by atoms with Gasteiger partial charge in [-0.3, -0.25) is 9.69 Å². The van der Waals surface area contributed by atoms with E-state index in [9.17, 15) is 4.79 Å². The monoisotopic (exact) mass is 564 g/mol. The predicted molar refractivity (Wildman–Crippen MR) is 166 cm³/mol. The Morgan fingerprint density at radius 1 is 0.854 bits per heavy atom. The van der Waals surface area contributed by atoms with Gasteiger partial charge in [-0.05, 0) is 84.8 Å². The third-order valence-corrected chi connectivity index (χ3v) is 7.46. The van der Waals surface area contributed by atoms with Crippen molar-refractivity contribution in [1.29, 1.82) is 0 Å². The van der Waals surface area contributed by atoms with E-state index in [4.69, 9.17) is 19.2 Å². The average Bonchev–Trinajstić information content (AvgIpc) is 3.27. The molecule has 1 heterocycles. The van der Waals surface area contributed by atoms with Crippen LogP contribution >= 0.6 is 11.8 Å². The molecule has 1 saturated heterocycles. The van der Waals surface area contributed by atoms with Gasteiger partial charge in [0, 0.05) is 0 Å². The Morgan fingerprint density at radius 2 is 1.59 bits per heavy atom. The SMILES string of the molecule is CCOc1cc(/C=C2\SC(=Nc3ccccc3)N(Cc3ccc(OC)cc3)C2=O)ccc1OCc1ccc(C)cc1. The van der Waals surface area contributed by atoms with Crippen LogP contribution in [0.5, 0.6) is 17.2 Å². The highest BCUT2D eigenvalue weighted by Crippen LogP contribution is 2.37. The first-order valence-electron chi connectivity index (χ1n) is 13.5. The van der Waals surface area contributed by atoms with Crippen LogP contribution in [0.3, 0.4) is 0 Å². The standard InChI is InChI=1S/C34H32N2O4S/c1-4-39-31-20-27(16-19-30(31)40-23-26-12-10-24(2)11-13-26)21-32-33(37)36(22-25-14-17-29(38-3)18-15-25)34(41-32)35-28-8-6-5-7-9-28/h5-21H,4,22-23H2,1-3H3/b32-21-,35-34?. The number of aryl methyl sites for hydroxylation is 1. The first kappa shape index (κ1) is 28.1. The molecule has 4 aromatic rings. The summed E-state index contributed by atoms with van der Waals surface area (Å²) in [7, 11) is 1.64. The van der Waals surface area contributed by atoms with E-state index < -0.39 is 0 Å². The second kappa shape index (κ2) is 13.2. The van der Waals surface area contributed by atoms with Gasteiger partial charge in [0.15, 0.2) is 16.7 Å². The number of thioether (sulfide) groups is 1. The molecule has 7 heteroatoms. The Balaban J connectivity index is 1.40. The molecular weight excluding hydrogens is 532 g/mol. The van der Waals surface area contributed by atoms with Gasteiger partial charge in [-0.1, -0.05) is 66.2 Å². The molecule has 0 radical (unpaired) electrons. The molecule has 41 heavy (non-hydrogen) atoms. The molecule has 0 aliphatic carbocycles. The quantitative estimate of drug-likeness (QED) is 0.184. The molecule has 6 nitrogen and oxygen atoms in total. The maximum Gasteiger partial charge on any atom is 0.267 e. The fraction of sp³-hybridized carbons (Fsp3) is 0.176. The lowest BCUT2D eigenvalue weighted by Crippen LogP contribution is -2.28. The molecule has 0 aromatic heterocycles. The van der Waals surface area contributed by atoms with Gasteiger partial charge in [-0.2, -0.15) is 0 Å². The topological polar surface area (TPSA) is 60.4 Å². The highest BCUT2D eigenvalue weighted by Gasteiger charge is 2.33. The predicted octanol–water partition coefficient (Wildman–Crippen LogP) is 7.79. The number of nitrogens with zero attached hydrogens (tertiary/aromatic N) is 2. The van der Waals surface area contributed by atoms with E-state index in [0.29, 0.717) is 41.3 Å². The number of amidine groups is 1. The van der Waals surface area contributed by atoms with Crippen LogP contribution < -0.4 is 14.2 Å². The lowest BCUT2D eigenvalue weighted by atomic mass is 10.1. The first-order chi connectivity index (χ1) is 20.0. The van der Waals surface area contributed by atoms with Gasteiger partial charge >= 0.3 is 0 Å². The van der Waals surface area contributed by atoms with Crippen LogP contribution in [0.25, 0.3) is 6.08 Å². The van der Waals surface area contributed by atoms with E-state index in [1.165, 1.54) is 17.3 Å². The normalized spacial score (nSPS) is 15.0. The lowest BCUT2D eigenvalue weighted by molar-refractivity contribution is -0.122. The molecule has 0 N–H and O–H groups in total. The second-order valence-corrected chi connectivity index (χ2v) is 10.5. The molecule has 0 unspecified atom stereocenters. The highest BCUT2D eigenvalue weighted by molar-refractivity contribution is 8.18. The third-order valence-electron chi connectivity index (χ3n) is 6.45. The number of ether oxygens (including phenoxy) is 3. The molecule has 1 aliphatic rings. The minimum atomic E-state index is -0.0989. The highest BCUT2D eigenvalue weighted by atomic mass is 32.2. The van der Waals surface area contributed by atoms with Crippen LogP contribution in [0.15, 0.2) is 107 Å². The molecular formula is C34H32N2O4S. The number of para-hydroxylation sites is 1. The Kier molecular flexibility index (Phi) is 9.06. The molecule has 1 fully saturated rings. The first-order valence-corrected chi connectivity index (χ1v) is 14.3. The molecule has 0 bridgehead atoms. The van der Waals surface area contributed by atoms with Gasteiger partial charge < -0.3 is 14.2 Å². The Labute approximate surface area is 245 Å².